The fourth-order valence-electron chi connectivity index (χ4n) is 2.04. The lowest BCUT2D eigenvalue weighted by molar-refractivity contribution is -0.140. The first-order valence-corrected chi connectivity index (χ1v) is 6.57. The van der Waals surface area contributed by atoms with E-state index in [-0.39, 0.29) is 24.4 Å². The van der Waals surface area contributed by atoms with Crippen LogP contribution >= 0.6 is 0 Å². The Hall–Kier alpha value is -1.96. The normalized spacial score (nSPS) is 18.9. The fraction of sp³-hybridized carbons (Fsp3) is 0.667. The minimum Gasteiger partial charge on any atom is -0.377 e. The molecule has 1 saturated heterocycles. The first kappa shape index (κ1) is 14.4. The first-order valence-electron chi connectivity index (χ1n) is 6.57. The molecule has 0 radical (unpaired) electrons. The molecule has 1 aliphatic heterocycles. The van der Waals surface area contributed by atoms with Gasteiger partial charge in [-0.15, -0.1) is 5.10 Å². The van der Waals surface area contributed by atoms with Gasteiger partial charge >= 0.3 is 0 Å². The molecule has 2 heterocycles. The molecule has 1 aromatic heterocycles. The van der Waals surface area contributed by atoms with E-state index < -0.39 is 0 Å². The Kier molecular flexibility index (Phi) is 4.67. The van der Waals surface area contributed by atoms with Crippen molar-refractivity contribution in [1.29, 1.82) is 0 Å². The maximum Gasteiger partial charge on any atom is 0.244 e. The minimum absolute atomic E-state index is 0.00298. The number of amides is 2. The molecule has 20 heavy (non-hydrogen) atoms. The second-order valence-electron chi connectivity index (χ2n) is 4.83. The van der Waals surface area contributed by atoms with E-state index in [1.807, 2.05) is 6.92 Å². The van der Waals surface area contributed by atoms with Gasteiger partial charge in [0.05, 0.1) is 32.0 Å². The highest BCUT2D eigenvalue weighted by Crippen LogP contribution is 2.07. The van der Waals surface area contributed by atoms with Gasteiger partial charge in [0.1, 0.15) is 12.2 Å². The quantitative estimate of drug-likeness (QED) is 0.777. The molecule has 0 unspecified atom stereocenters. The maximum absolute atomic E-state index is 12.2. The van der Waals surface area contributed by atoms with Gasteiger partial charge in [0.15, 0.2) is 0 Å². The number of nitrogens with one attached hydrogen (secondary N) is 1. The monoisotopic (exact) mass is 281 g/mol. The van der Waals surface area contributed by atoms with E-state index in [0.29, 0.717) is 32.0 Å². The van der Waals surface area contributed by atoms with Crippen LogP contribution in [0.3, 0.4) is 0 Å². The van der Waals surface area contributed by atoms with Crippen LogP contribution in [0.15, 0.2) is 6.20 Å². The van der Waals surface area contributed by atoms with Crippen molar-refractivity contribution in [3.63, 3.8) is 0 Å². The summed E-state index contributed by atoms with van der Waals surface area (Å²) in [6.45, 7) is 5.61. The van der Waals surface area contributed by atoms with Crippen LogP contribution in [0, 0.1) is 0 Å². The summed E-state index contributed by atoms with van der Waals surface area (Å²) in [4.78, 5) is 24.8. The second kappa shape index (κ2) is 6.47. The Balaban J connectivity index is 1.89. The third kappa shape index (κ3) is 3.77. The number of rotatable bonds is 4. The molecular weight excluding hydrogens is 262 g/mol. The van der Waals surface area contributed by atoms with E-state index in [0.717, 1.165) is 0 Å². The van der Waals surface area contributed by atoms with Gasteiger partial charge < -0.3 is 15.0 Å². The van der Waals surface area contributed by atoms with E-state index in [4.69, 9.17) is 4.74 Å². The summed E-state index contributed by atoms with van der Waals surface area (Å²) in [6, 6.07) is 0.0821. The van der Waals surface area contributed by atoms with Crippen LogP contribution in [-0.2, 0) is 27.4 Å². The predicted molar refractivity (Wildman–Crippen MR) is 69.5 cm³/mol. The molecule has 0 bridgehead atoms. The number of carbonyl (C=O) groups excluding carboxylic acids is 2. The zero-order valence-corrected chi connectivity index (χ0v) is 11.7. The average molecular weight is 281 g/mol. The number of hydrogen-bond acceptors (Lipinski definition) is 5. The summed E-state index contributed by atoms with van der Waals surface area (Å²) in [5.74, 6) is -0.130. The Morgan fingerprint density at radius 3 is 3.05 bits per heavy atom. The number of ether oxygens (including phenoxy) is 1. The summed E-state index contributed by atoms with van der Waals surface area (Å²) < 4.78 is 6.79. The molecule has 1 aliphatic rings. The Morgan fingerprint density at radius 2 is 2.35 bits per heavy atom. The molecule has 1 fully saturated rings. The van der Waals surface area contributed by atoms with Gasteiger partial charge in [-0.05, 0) is 6.92 Å². The van der Waals surface area contributed by atoms with Crippen LogP contribution in [0.5, 0.6) is 0 Å². The summed E-state index contributed by atoms with van der Waals surface area (Å²) in [5, 5.41) is 10.4. The molecule has 0 aromatic carbocycles. The van der Waals surface area contributed by atoms with E-state index in [1.54, 1.807) is 11.1 Å². The highest BCUT2D eigenvalue weighted by atomic mass is 16.5. The number of hydrogen-bond donors (Lipinski definition) is 1. The topological polar surface area (TPSA) is 89.4 Å². The van der Waals surface area contributed by atoms with Crippen molar-refractivity contribution < 1.29 is 14.3 Å². The van der Waals surface area contributed by atoms with E-state index in [1.165, 1.54) is 11.6 Å². The molecule has 2 rings (SSSR count). The molecule has 1 N–H and O–H groups in total. The minimum atomic E-state index is -0.127. The van der Waals surface area contributed by atoms with Gasteiger partial charge in [0.2, 0.25) is 11.8 Å². The van der Waals surface area contributed by atoms with Crippen molar-refractivity contribution in [2.24, 2.45) is 0 Å². The van der Waals surface area contributed by atoms with Crippen molar-refractivity contribution in [2.45, 2.75) is 33.0 Å². The lowest BCUT2D eigenvalue weighted by Crippen LogP contribution is -2.48. The third-order valence-electron chi connectivity index (χ3n) is 3.09. The number of nitrogens with zero attached hydrogens (tertiary/aromatic N) is 4. The summed E-state index contributed by atoms with van der Waals surface area (Å²) in [7, 11) is 0. The molecule has 2 amide bonds. The smallest absolute Gasteiger partial charge is 0.244 e. The molecule has 0 spiro atoms. The van der Waals surface area contributed by atoms with Crippen molar-refractivity contribution in [2.75, 3.05) is 19.8 Å². The van der Waals surface area contributed by atoms with E-state index in [2.05, 4.69) is 15.6 Å². The molecule has 110 valence electrons. The van der Waals surface area contributed by atoms with E-state index >= 15 is 0 Å². The van der Waals surface area contributed by atoms with Crippen LogP contribution in [0.25, 0.3) is 0 Å². The zero-order valence-electron chi connectivity index (χ0n) is 11.7. The highest BCUT2D eigenvalue weighted by Gasteiger charge is 2.24. The van der Waals surface area contributed by atoms with E-state index in [9.17, 15) is 9.59 Å². The summed E-state index contributed by atoms with van der Waals surface area (Å²) in [5.41, 5.74) is 0.628. The lowest BCUT2D eigenvalue weighted by Gasteiger charge is -2.33. The van der Waals surface area contributed by atoms with Crippen LogP contribution in [0.1, 0.15) is 19.5 Å². The number of carbonyl (C=O) groups is 2. The molecular formula is C12H19N5O3. The molecule has 8 nitrogen and oxygen atoms in total. The van der Waals surface area contributed by atoms with Crippen molar-refractivity contribution in [3.05, 3.63) is 11.9 Å². The molecule has 0 aliphatic carbocycles. The summed E-state index contributed by atoms with van der Waals surface area (Å²) in [6.07, 6.45) is 1.67. The van der Waals surface area contributed by atoms with Gasteiger partial charge in [-0.3, -0.25) is 9.59 Å². The second-order valence-corrected chi connectivity index (χ2v) is 4.83. The van der Waals surface area contributed by atoms with Crippen LogP contribution < -0.4 is 5.32 Å². The van der Waals surface area contributed by atoms with Gasteiger partial charge in [0, 0.05) is 13.5 Å². The van der Waals surface area contributed by atoms with Crippen LogP contribution in [0.2, 0.25) is 0 Å². The van der Waals surface area contributed by atoms with Gasteiger partial charge in [-0.1, -0.05) is 5.21 Å². The Morgan fingerprint density at radius 1 is 1.55 bits per heavy atom. The number of morpholine rings is 1. The summed E-state index contributed by atoms with van der Waals surface area (Å²) >= 11 is 0. The Bertz CT molecular complexity index is 487. The maximum atomic E-state index is 12.2. The number of aromatic nitrogens is 3. The fourth-order valence-corrected chi connectivity index (χ4v) is 2.04. The first-order chi connectivity index (χ1) is 9.56. The standard InChI is InChI=1S/C12H19N5O3/c1-9-8-20-4-3-17(9)12(19)7-16-6-11(14-15-16)5-13-10(2)18/h6,9H,3-5,7-8H2,1-2H3,(H,13,18)/t9-/m1/s1. The van der Waals surface area contributed by atoms with Gasteiger partial charge in [-0.25, -0.2) is 4.68 Å². The molecule has 8 heteroatoms. The lowest BCUT2D eigenvalue weighted by atomic mass is 10.2. The van der Waals surface area contributed by atoms with Crippen LogP contribution in [-0.4, -0.2) is 57.5 Å². The van der Waals surface area contributed by atoms with Gasteiger partial charge in [0.25, 0.3) is 0 Å². The Labute approximate surface area is 117 Å². The van der Waals surface area contributed by atoms with Crippen molar-refractivity contribution in [3.8, 4) is 0 Å². The third-order valence-corrected chi connectivity index (χ3v) is 3.09. The van der Waals surface area contributed by atoms with Gasteiger partial charge in [-0.2, -0.15) is 0 Å². The molecule has 1 aromatic rings. The largest absolute Gasteiger partial charge is 0.377 e. The zero-order chi connectivity index (χ0) is 14.5. The van der Waals surface area contributed by atoms with Crippen LogP contribution in [0.4, 0.5) is 0 Å². The molecule has 0 saturated carbocycles. The predicted octanol–water partition coefficient (Wildman–Crippen LogP) is -0.838. The van der Waals surface area contributed by atoms with Crippen molar-refractivity contribution in [1.82, 2.24) is 25.2 Å². The average Bonchev–Trinajstić information content (AvgIpc) is 2.84. The molecule has 1 atom stereocenters. The van der Waals surface area contributed by atoms with Crippen molar-refractivity contribution >= 4 is 11.8 Å². The highest BCUT2D eigenvalue weighted by molar-refractivity contribution is 5.76. The SMILES string of the molecule is CC(=O)NCc1cn(CC(=O)N2CCOC[C@H]2C)nn1.